The number of rotatable bonds is 6. The Hall–Kier alpha value is -2.60. The standard InChI is InChI=1S/C22H24ClNO5/c1-3-26-18-10-15-6-13(2)29-19(15)11-16(18)12-24-21(25)9-14-7-17(23)22-20(8-14)27-4-5-28-22/h7-8,10-11,13H,3-6,9,12H2,1-2H3,(H,24,25). The molecule has 1 N–H and O–H groups in total. The Kier molecular flexibility index (Phi) is 5.72. The van der Waals surface area contributed by atoms with E-state index >= 15 is 0 Å². The van der Waals surface area contributed by atoms with Crippen LogP contribution in [0.1, 0.15) is 30.5 Å². The molecule has 154 valence electrons. The fourth-order valence-corrected chi connectivity index (χ4v) is 3.91. The number of carbonyl (C=O) groups excluding carboxylic acids is 1. The molecule has 2 heterocycles. The molecule has 1 atom stereocenters. The number of ether oxygens (including phenoxy) is 4. The van der Waals surface area contributed by atoms with Gasteiger partial charge in [0.05, 0.1) is 18.1 Å². The molecular formula is C22H24ClNO5. The first-order valence-electron chi connectivity index (χ1n) is 9.83. The minimum absolute atomic E-state index is 0.116. The van der Waals surface area contributed by atoms with Gasteiger partial charge in [0.25, 0.3) is 0 Å². The highest BCUT2D eigenvalue weighted by Crippen LogP contribution is 2.38. The summed E-state index contributed by atoms with van der Waals surface area (Å²) in [6.45, 7) is 5.85. The van der Waals surface area contributed by atoms with Gasteiger partial charge in [-0.15, -0.1) is 0 Å². The Balaban J connectivity index is 1.44. The fraction of sp³-hybridized carbons (Fsp3) is 0.409. The molecule has 1 amide bonds. The summed E-state index contributed by atoms with van der Waals surface area (Å²) in [5.74, 6) is 2.65. The van der Waals surface area contributed by atoms with Crippen LogP contribution in [-0.4, -0.2) is 31.8 Å². The normalized spacial score (nSPS) is 16.7. The second-order valence-corrected chi connectivity index (χ2v) is 7.60. The Morgan fingerprint density at radius 2 is 2.03 bits per heavy atom. The molecule has 4 rings (SSSR count). The molecule has 0 spiro atoms. The molecule has 0 aliphatic carbocycles. The summed E-state index contributed by atoms with van der Waals surface area (Å²) in [7, 11) is 0. The summed E-state index contributed by atoms with van der Waals surface area (Å²) >= 11 is 6.26. The van der Waals surface area contributed by atoms with Crippen LogP contribution in [0.25, 0.3) is 0 Å². The predicted octanol–water partition coefficient (Wildman–Crippen LogP) is 3.69. The van der Waals surface area contributed by atoms with Crippen molar-refractivity contribution in [3.63, 3.8) is 0 Å². The van der Waals surface area contributed by atoms with E-state index in [0.717, 1.165) is 34.6 Å². The highest BCUT2D eigenvalue weighted by molar-refractivity contribution is 6.32. The number of hydrogen-bond donors (Lipinski definition) is 1. The highest BCUT2D eigenvalue weighted by Gasteiger charge is 2.22. The largest absolute Gasteiger partial charge is 0.494 e. The van der Waals surface area contributed by atoms with E-state index in [9.17, 15) is 4.79 Å². The van der Waals surface area contributed by atoms with Crippen LogP contribution >= 0.6 is 11.6 Å². The van der Waals surface area contributed by atoms with Gasteiger partial charge in [0.1, 0.15) is 30.8 Å². The Bertz CT molecular complexity index is 930. The van der Waals surface area contributed by atoms with Crippen LogP contribution in [0.4, 0.5) is 0 Å². The molecule has 0 saturated heterocycles. The SMILES string of the molecule is CCOc1cc2c(cc1CNC(=O)Cc1cc(Cl)c3c(c1)OCCO3)OC(C)C2. The Labute approximate surface area is 175 Å². The van der Waals surface area contributed by atoms with Crippen LogP contribution in [0.2, 0.25) is 5.02 Å². The van der Waals surface area contributed by atoms with Gasteiger partial charge in [-0.1, -0.05) is 11.6 Å². The minimum atomic E-state index is -0.116. The van der Waals surface area contributed by atoms with E-state index in [-0.39, 0.29) is 18.4 Å². The third-order valence-corrected chi connectivity index (χ3v) is 5.16. The molecule has 6 nitrogen and oxygen atoms in total. The Morgan fingerprint density at radius 1 is 1.21 bits per heavy atom. The molecule has 0 fully saturated rings. The summed E-state index contributed by atoms with van der Waals surface area (Å²) in [5, 5.41) is 3.41. The number of nitrogens with one attached hydrogen (secondary N) is 1. The second-order valence-electron chi connectivity index (χ2n) is 7.19. The maximum atomic E-state index is 12.5. The van der Waals surface area contributed by atoms with E-state index in [2.05, 4.69) is 5.32 Å². The lowest BCUT2D eigenvalue weighted by Gasteiger charge is -2.20. The van der Waals surface area contributed by atoms with E-state index in [4.69, 9.17) is 30.5 Å². The molecule has 0 bridgehead atoms. The van der Waals surface area contributed by atoms with Gasteiger partial charge in [-0.2, -0.15) is 0 Å². The summed E-state index contributed by atoms with van der Waals surface area (Å²) < 4.78 is 22.7. The fourth-order valence-electron chi connectivity index (χ4n) is 3.62. The van der Waals surface area contributed by atoms with Gasteiger partial charge in [0, 0.05) is 24.1 Å². The molecule has 2 aromatic rings. The molecular weight excluding hydrogens is 394 g/mol. The van der Waals surface area contributed by atoms with Crippen LogP contribution in [0.3, 0.4) is 0 Å². The molecule has 0 saturated carbocycles. The zero-order chi connectivity index (χ0) is 20.4. The first kappa shape index (κ1) is 19.7. The van der Waals surface area contributed by atoms with E-state index in [0.29, 0.717) is 42.9 Å². The quantitative estimate of drug-likeness (QED) is 0.776. The van der Waals surface area contributed by atoms with Crippen LogP contribution in [0.5, 0.6) is 23.0 Å². The molecule has 1 unspecified atom stereocenters. The van der Waals surface area contributed by atoms with Gasteiger partial charge < -0.3 is 24.3 Å². The number of amides is 1. The second kappa shape index (κ2) is 8.41. The van der Waals surface area contributed by atoms with Crippen molar-refractivity contribution in [1.82, 2.24) is 5.32 Å². The summed E-state index contributed by atoms with van der Waals surface area (Å²) in [6.07, 6.45) is 1.22. The van der Waals surface area contributed by atoms with Gasteiger partial charge in [-0.25, -0.2) is 0 Å². The lowest BCUT2D eigenvalue weighted by molar-refractivity contribution is -0.120. The van der Waals surface area contributed by atoms with Gasteiger partial charge in [0.15, 0.2) is 11.5 Å². The smallest absolute Gasteiger partial charge is 0.224 e. The van der Waals surface area contributed by atoms with Crippen LogP contribution in [0, 0.1) is 0 Å². The van der Waals surface area contributed by atoms with E-state index in [1.807, 2.05) is 26.0 Å². The van der Waals surface area contributed by atoms with Crippen molar-refractivity contribution < 1.29 is 23.7 Å². The molecule has 29 heavy (non-hydrogen) atoms. The maximum Gasteiger partial charge on any atom is 0.224 e. The molecule has 0 radical (unpaired) electrons. The lowest BCUT2D eigenvalue weighted by Crippen LogP contribution is -2.25. The lowest BCUT2D eigenvalue weighted by atomic mass is 10.1. The molecule has 2 aliphatic heterocycles. The molecule has 2 aromatic carbocycles. The van der Waals surface area contributed by atoms with Gasteiger partial charge >= 0.3 is 0 Å². The number of hydrogen-bond acceptors (Lipinski definition) is 5. The molecule has 7 heteroatoms. The number of benzene rings is 2. The summed E-state index contributed by atoms with van der Waals surface area (Å²) in [5.41, 5.74) is 2.81. The van der Waals surface area contributed by atoms with Gasteiger partial charge in [0.2, 0.25) is 5.91 Å². The maximum absolute atomic E-state index is 12.5. The highest BCUT2D eigenvalue weighted by atomic mass is 35.5. The topological polar surface area (TPSA) is 66.0 Å². The average molecular weight is 418 g/mol. The van der Waals surface area contributed by atoms with Crippen molar-refractivity contribution in [2.45, 2.75) is 39.3 Å². The van der Waals surface area contributed by atoms with Crippen molar-refractivity contribution in [1.29, 1.82) is 0 Å². The zero-order valence-electron chi connectivity index (χ0n) is 16.5. The zero-order valence-corrected chi connectivity index (χ0v) is 17.3. The third kappa shape index (κ3) is 4.37. The van der Waals surface area contributed by atoms with E-state index in [1.165, 1.54) is 0 Å². The van der Waals surface area contributed by atoms with Crippen molar-refractivity contribution in [3.8, 4) is 23.0 Å². The van der Waals surface area contributed by atoms with Crippen molar-refractivity contribution in [2.75, 3.05) is 19.8 Å². The summed E-state index contributed by atoms with van der Waals surface area (Å²) in [6, 6.07) is 7.52. The van der Waals surface area contributed by atoms with Crippen molar-refractivity contribution in [2.24, 2.45) is 0 Å². The first-order valence-corrected chi connectivity index (χ1v) is 10.2. The number of carbonyl (C=O) groups is 1. The monoisotopic (exact) mass is 417 g/mol. The third-order valence-electron chi connectivity index (χ3n) is 4.88. The van der Waals surface area contributed by atoms with Crippen LogP contribution in [-0.2, 0) is 24.2 Å². The van der Waals surface area contributed by atoms with E-state index < -0.39 is 0 Å². The minimum Gasteiger partial charge on any atom is -0.494 e. The van der Waals surface area contributed by atoms with Crippen molar-refractivity contribution >= 4 is 17.5 Å². The predicted molar refractivity (Wildman–Crippen MR) is 109 cm³/mol. The number of fused-ring (bicyclic) bond motifs is 2. The van der Waals surface area contributed by atoms with E-state index in [1.54, 1.807) is 12.1 Å². The molecule has 2 aliphatic rings. The van der Waals surface area contributed by atoms with Gasteiger partial charge in [-0.05, 0) is 43.7 Å². The summed E-state index contributed by atoms with van der Waals surface area (Å²) in [4.78, 5) is 12.5. The van der Waals surface area contributed by atoms with Crippen LogP contribution in [0.15, 0.2) is 24.3 Å². The Morgan fingerprint density at radius 3 is 2.86 bits per heavy atom. The first-order chi connectivity index (χ1) is 14.0. The van der Waals surface area contributed by atoms with Crippen molar-refractivity contribution in [3.05, 3.63) is 46.0 Å². The number of halogens is 1. The average Bonchev–Trinajstić information content (AvgIpc) is 3.05. The molecule has 0 aromatic heterocycles. The van der Waals surface area contributed by atoms with Crippen LogP contribution < -0.4 is 24.3 Å². The van der Waals surface area contributed by atoms with Gasteiger partial charge in [-0.3, -0.25) is 4.79 Å².